The standard InChI is InChI=1S/C24H24N4O2/c1-14-4-6-16(7-5-14)22-26-23-25-18-12-24(2,3)13-19(30)20(18)21(28(23)27-22)15-8-10-17(29)11-9-15/h4-11,21,29H,12-13H2,1-3H3,(H,25,26,27)/t21-/m0/s1. The number of carbonyl (C=O) groups is 1. The van der Waals surface area contributed by atoms with Gasteiger partial charge in [-0.25, -0.2) is 4.68 Å². The van der Waals surface area contributed by atoms with Crippen molar-refractivity contribution in [3.05, 3.63) is 70.9 Å². The van der Waals surface area contributed by atoms with Gasteiger partial charge in [0.2, 0.25) is 5.95 Å². The van der Waals surface area contributed by atoms with Crippen LogP contribution in [0.2, 0.25) is 0 Å². The summed E-state index contributed by atoms with van der Waals surface area (Å²) >= 11 is 0. The Hall–Kier alpha value is -3.41. The Morgan fingerprint density at radius 1 is 1.07 bits per heavy atom. The number of Topliss-reactive ketones (excluding diaryl/α,β-unsaturated/α-hetero) is 1. The number of allylic oxidation sites excluding steroid dienone is 2. The summed E-state index contributed by atoms with van der Waals surface area (Å²) in [5, 5.41) is 17.9. The van der Waals surface area contributed by atoms with Gasteiger partial charge in [0.25, 0.3) is 0 Å². The molecule has 30 heavy (non-hydrogen) atoms. The number of nitrogens with one attached hydrogen (secondary N) is 1. The van der Waals surface area contributed by atoms with Crippen LogP contribution >= 0.6 is 0 Å². The monoisotopic (exact) mass is 400 g/mol. The minimum atomic E-state index is -0.368. The maximum absolute atomic E-state index is 13.2. The predicted octanol–water partition coefficient (Wildman–Crippen LogP) is 4.62. The molecule has 0 fully saturated rings. The number of fused-ring (bicyclic) bond motifs is 1. The molecule has 0 unspecified atom stereocenters. The highest BCUT2D eigenvalue weighted by Gasteiger charge is 2.41. The van der Waals surface area contributed by atoms with Crippen molar-refractivity contribution in [2.75, 3.05) is 5.32 Å². The zero-order valence-electron chi connectivity index (χ0n) is 17.3. The van der Waals surface area contributed by atoms with E-state index in [0.717, 1.165) is 28.8 Å². The summed E-state index contributed by atoms with van der Waals surface area (Å²) in [6.45, 7) is 6.27. The minimum Gasteiger partial charge on any atom is -0.508 e. The molecule has 0 amide bonds. The zero-order valence-corrected chi connectivity index (χ0v) is 17.3. The van der Waals surface area contributed by atoms with E-state index >= 15 is 0 Å². The van der Waals surface area contributed by atoms with Gasteiger partial charge in [0.05, 0.1) is 0 Å². The fourth-order valence-electron chi connectivity index (χ4n) is 4.40. The Morgan fingerprint density at radius 3 is 2.47 bits per heavy atom. The van der Waals surface area contributed by atoms with Gasteiger partial charge >= 0.3 is 0 Å². The second-order valence-corrected chi connectivity index (χ2v) is 9.02. The van der Waals surface area contributed by atoms with E-state index in [9.17, 15) is 9.90 Å². The molecule has 6 nitrogen and oxygen atoms in total. The van der Waals surface area contributed by atoms with Crippen molar-refractivity contribution in [1.82, 2.24) is 14.8 Å². The normalized spacial score (nSPS) is 19.8. The molecule has 0 radical (unpaired) electrons. The Kier molecular flexibility index (Phi) is 4.07. The van der Waals surface area contributed by atoms with E-state index in [1.54, 1.807) is 16.8 Å². The van der Waals surface area contributed by atoms with Crippen LogP contribution in [0.3, 0.4) is 0 Å². The van der Waals surface area contributed by atoms with Crippen molar-refractivity contribution in [2.24, 2.45) is 5.41 Å². The highest BCUT2D eigenvalue weighted by molar-refractivity contribution is 6.00. The van der Waals surface area contributed by atoms with Crippen LogP contribution < -0.4 is 5.32 Å². The van der Waals surface area contributed by atoms with Crippen molar-refractivity contribution < 1.29 is 9.90 Å². The predicted molar refractivity (Wildman–Crippen MR) is 115 cm³/mol. The van der Waals surface area contributed by atoms with Gasteiger partial charge in [-0.15, -0.1) is 5.10 Å². The van der Waals surface area contributed by atoms with Gasteiger partial charge in [-0.2, -0.15) is 4.98 Å². The molecule has 0 saturated carbocycles. The number of ketones is 1. The summed E-state index contributed by atoms with van der Waals surface area (Å²) in [5.74, 6) is 1.57. The van der Waals surface area contributed by atoms with Crippen LogP contribution in [-0.4, -0.2) is 25.7 Å². The lowest BCUT2D eigenvalue weighted by Crippen LogP contribution is -2.36. The Labute approximate surface area is 175 Å². The summed E-state index contributed by atoms with van der Waals surface area (Å²) in [4.78, 5) is 18.0. The molecule has 1 aromatic heterocycles. The van der Waals surface area contributed by atoms with Gasteiger partial charge in [-0.1, -0.05) is 55.8 Å². The average molecular weight is 400 g/mol. The molecule has 2 N–H and O–H groups in total. The number of hydrogen-bond donors (Lipinski definition) is 2. The second-order valence-electron chi connectivity index (χ2n) is 9.02. The third kappa shape index (κ3) is 3.09. The molecule has 0 saturated heterocycles. The van der Waals surface area contributed by atoms with E-state index in [2.05, 4.69) is 19.2 Å². The topological polar surface area (TPSA) is 80.0 Å². The number of rotatable bonds is 2. The average Bonchev–Trinajstić information content (AvgIpc) is 3.10. The van der Waals surface area contributed by atoms with Crippen LogP contribution in [0.25, 0.3) is 11.4 Å². The smallest absolute Gasteiger partial charge is 0.226 e. The molecule has 5 rings (SSSR count). The molecule has 6 heteroatoms. The molecule has 3 aromatic rings. The van der Waals surface area contributed by atoms with E-state index < -0.39 is 0 Å². The molecule has 0 spiro atoms. The van der Waals surface area contributed by atoms with Gasteiger partial charge in [0, 0.05) is 23.3 Å². The quantitative estimate of drug-likeness (QED) is 0.656. The van der Waals surface area contributed by atoms with Gasteiger partial charge in [0.1, 0.15) is 11.8 Å². The number of aromatic nitrogens is 3. The molecule has 2 aromatic carbocycles. The number of benzene rings is 2. The third-order valence-corrected chi connectivity index (χ3v) is 5.85. The Morgan fingerprint density at radius 2 is 1.77 bits per heavy atom. The van der Waals surface area contributed by atoms with E-state index in [-0.39, 0.29) is 23.0 Å². The Balaban J connectivity index is 1.67. The number of aryl methyl sites for hydroxylation is 1. The molecule has 1 aliphatic heterocycles. The van der Waals surface area contributed by atoms with Crippen LogP contribution in [0.1, 0.15) is 43.9 Å². The maximum atomic E-state index is 13.2. The molecular formula is C24H24N4O2. The molecule has 2 heterocycles. The number of aromatic hydroxyl groups is 1. The van der Waals surface area contributed by atoms with Gasteiger partial charge in [-0.05, 0) is 36.5 Å². The molecular weight excluding hydrogens is 376 g/mol. The van der Waals surface area contributed by atoms with Crippen molar-refractivity contribution in [1.29, 1.82) is 0 Å². The lowest BCUT2D eigenvalue weighted by molar-refractivity contribution is -0.118. The number of phenols is 1. The van der Waals surface area contributed by atoms with Crippen molar-refractivity contribution >= 4 is 11.7 Å². The fourth-order valence-corrected chi connectivity index (χ4v) is 4.40. The van der Waals surface area contributed by atoms with E-state index in [4.69, 9.17) is 10.1 Å². The first-order valence-corrected chi connectivity index (χ1v) is 10.2. The molecule has 1 aliphatic carbocycles. The third-order valence-electron chi connectivity index (χ3n) is 5.85. The first kappa shape index (κ1) is 18.6. The summed E-state index contributed by atoms with van der Waals surface area (Å²) in [6.07, 6.45) is 1.27. The van der Waals surface area contributed by atoms with Crippen LogP contribution in [0.5, 0.6) is 5.75 Å². The second kappa shape index (κ2) is 6.55. The first-order chi connectivity index (χ1) is 14.3. The molecule has 1 atom stereocenters. The van der Waals surface area contributed by atoms with Crippen LogP contribution in [0.4, 0.5) is 5.95 Å². The van der Waals surface area contributed by atoms with Gasteiger partial charge in [0.15, 0.2) is 11.6 Å². The number of phenolic OH excluding ortho intramolecular Hbond substituents is 1. The van der Waals surface area contributed by atoms with Gasteiger partial charge < -0.3 is 10.4 Å². The van der Waals surface area contributed by atoms with Crippen LogP contribution in [0, 0.1) is 12.3 Å². The summed E-state index contributed by atoms with van der Waals surface area (Å²) in [6, 6.07) is 14.7. The highest BCUT2D eigenvalue weighted by Crippen LogP contribution is 2.45. The SMILES string of the molecule is Cc1ccc(-c2nc3n(n2)[C@@H](c2ccc(O)cc2)C2=C(CC(C)(C)CC2=O)N3)cc1. The number of carbonyl (C=O) groups excluding carboxylic acids is 1. The van der Waals surface area contributed by atoms with E-state index in [1.807, 2.05) is 43.3 Å². The summed E-state index contributed by atoms with van der Waals surface area (Å²) in [7, 11) is 0. The number of nitrogens with zero attached hydrogens (tertiary/aromatic N) is 3. The lowest BCUT2D eigenvalue weighted by atomic mass is 9.73. The first-order valence-electron chi connectivity index (χ1n) is 10.2. The molecule has 0 bridgehead atoms. The Bertz CT molecular complexity index is 1170. The molecule has 2 aliphatic rings. The maximum Gasteiger partial charge on any atom is 0.226 e. The number of hydrogen-bond acceptors (Lipinski definition) is 5. The lowest BCUT2D eigenvalue weighted by Gasteiger charge is -2.38. The van der Waals surface area contributed by atoms with Crippen molar-refractivity contribution in [3.8, 4) is 17.1 Å². The largest absolute Gasteiger partial charge is 0.508 e. The molecule has 152 valence electrons. The van der Waals surface area contributed by atoms with E-state index in [1.165, 1.54) is 5.56 Å². The summed E-state index contributed by atoms with van der Waals surface area (Å²) < 4.78 is 1.80. The van der Waals surface area contributed by atoms with Crippen molar-refractivity contribution in [3.63, 3.8) is 0 Å². The number of anilines is 1. The fraction of sp³-hybridized carbons (Fsp3) is 0.292. The zero-order chi connectivity index (χ0) is 21.0. The minimum absolute atomic E-state index is 0.107. The van der Waals surface area contributed by atoms with Gasteiger partial charge in [-0.3, -0.25) is 4.79 Å². The van der Waals surface area contributed by atoms with Crippen LogP contribution in [-0.2, 0) is 4.79 Å². The van der Waals surface area contributed by atoms with Crippen molar-refractivity contribution in [2.45, 2.75) is 39.7 Å². The van der Waals surface area contributed by atoms with E-state index in [0.29, 0.717) is 18.2 Å². The van der Waals surface area contributed by atoms with Crippen LogP contribution in [0.15, 0.2) is 59.8 Å². The summed E-state index contributed by atoms with van der Waals surface area (Å²) in [5.41, 5.74) is 4.56. The highest BCUT2D eigenvalue weighted by atomic mass is 16.3.